The monoisotopic (exact) mass is 266 g/mol. The van der Waals surface area contributed by atoms with E-state index < -0.39 is 12.0 Å². The molecule has 0 aliphatic heterocycles. The van der Waals surface area contributed by atoms with Crippen molar-refractivity contribution in [3.63, 3.8) is 0 Å². The second-order valence-electron chi connectivity index (χ2n) is 3.42. The first-order valence-electron chi connectivity index (χ1n) is 4.93. The van der Waals surface area contributed by atoms with E-state index in [1.807, 2.05) is 5.38 Å². The van der Waals surface area contributed by atoms with Crippen LogP contribution in [0, 0.1) is 0 Å². The van der Waals surface area contributed by atoms with Crippen LogP contribution in [0.4, 0.5) is 5.69 Å². The van der Waals surface area contributed by atoms with Crippen LogP contribution in [0.25, 0.3) is 0 Å². The van der Waals surface area contributed by atoms with Gasteiger partial charge in [-0.1, -0.05) is 17.7 Å². The van der Waals surface area contributed by atoms with Crippen molar-refractivity contribution < 1.29 is 9.90 Å². The Balaban J connectivity index is 2.19. The lowest BCUT2D eigenvalue weighted by atomic mass is 10.2. The molecular weight excluding hydrogens is 258 g/mol. The lowest BCUT2D eigenvalue weighted by molar-refractivity contribution is -0.307. The first kappa shape index (κ1) is 12.0. The molecule has 0 spiro atoms. The molecule has 2 aromatic rings. The predicted molar refractivity (Wildman–Crippen MR) is 67.1 cm³/mol. The van der Waals surface area contributed by atoms with Crippen molar-refractivity contribution >= 4 is 34.6 Å². The summed E-state index contributed by atoms with van der Waals surface area (Å²) >= 11 is 7.13. The van der Waals surface area contributed by atoms with E-state index in [9.17, 15) is 9.90 Å². The van der Waals surface area contributed by atoms with Crippen LogP contribution in [0.1, 0.15) is 10.9 Å². The van der Waals surface area contributed by atoms with Gasteiger partial charge in [-0.25, -0.2) is 0 Å². The van der Waals surface area contributed by atoms with Crippen molar-refractivity contribution in [3.8, 4) is 0 Å². The highest BCUT2D eigenvalue weighted by Crippen LogP contribution is 2.24. The van der Waals surface area contributed by atoms with Crippen LogP contribution in [0.5, 0.6) is 0 Å². The van der Waals surface area contributed by atoms with Crippen LogP contribution in [0.3, 0.4) is 0 Å². The molecule has 0 bridgehead atoms. The third-order valence-electron chi connectivity index (χ3n) is 2.22. The van der Waals surface area contributed by atoms with Crippen LogP contribution in [-0.4, -0.2) is 5.97 Å². The Hall–Kier alpha value is -1.52. The highest BCUT2D eigenvalue weighted by atomic mass is 35.5. The molecule has 5 heteroatoms. The maximum absolute atomic E-state index is 11.1. The average molecular weight is 267 g/mol. The molecule has 1 N–H and O–H groups in total. The Kier molecular flexibility index (Phi) is 3.66. The quantitative estimate of drug-likeness (QED) is 0.924. The van der Waals surface area contributed by atoms with E-state index in [2.05, 4.69) is 5.32 Å². The predicted octanol–water partition coefficient (Wildman–Crippen LogP) is 2.30. The zero-order chi connectivity index (χ0) is 12.3. The summed E-state index contributed by atoms with van der Waals surface area (Å²) in [5, 5.41) is 16.4. The van der Waals surface area contributed by atoms with Gasteiger partial charge in [0.15, 0.2) is 0 Å². The fourth-order valence-electron chi connectivity index (χ4n) is 1.41. The summed E-state index contributed by atoms with van der Waals surface area (Å²) < 4.78 is 0. The smallest absolute Gasteiger partial charge is 0.101 e. The molecule has 17 heavy (non-hydrogen) atoms. The largest absolute Gasteiger partial charge is 0.547 e. The minimum absolute atomic E-state index is 0.608. The second kappa shape index (κ2) is 5.21. The number of carboxylic acid groups (broad SMARTS) is 1. The minimum atomic E-state index is -1.15. The lowest BCUT2D eigenvalue weighted by Crippen LogP contribution is -2.33. The van der Waals surface area contributed by atoms with Gasteiger partial charge in [-0.2, -0.15) is 0 Å². The van der Waals surface area contributed by atoms with Crippen molar-refractivity contribution in [2.45, 2.75) is 6.04 Å². The van der Waals surface area contributed by atoms with E-state index in [1.165, 1.54) is 11.3 Å². The summed E-state index contributed by atoms with van der Waals surface area (Å²) in [4.78, 5) is 11.8. The molecular formula is C12H9ClNO2S-. The lowest BCUT2D eigenvalue weighted by Gasteiger charge is -2.19. The van der Waals surface area contributed by atoms with Crippen LogP contribution in [-0.2, 0) is 4.79 Å². The summed E-state index contributed by atoms with van der Waals surface area (Å²) in [5.74, 6) is -1.15. The molecule has 2 rings (SSSR count). The third kappa shape index (κ3) is 2.99. The van der Waals surface area contributed by atoms with Crippen molar-refractivity contribution in [2.75, 3.05) is 5.32 Å². The summed E-state index contributed by atoms with van der Waals surface area (Å²) in [7, 11) is 0. The van der Waals surface area contributed by atoms with E-state index in [-0.39, 0.29) is 0 Å². The Morgan fingerprint density at radius 3 is 2.53 bits per heavy atom. The van der Waals surface area contributed by atoms with Gasteiger partial charge in [0.2, 0.25) is 0 Å². The van der Waals surface area contributed by atoms with Gasteiger partial charge in [-0.3, -0.25) is 0 Å². The second-order valence-corrected chi connectivity index (χ2v) is 4.83. The van der Waals surface area contributed by atoms with Crippen molar-refractivity contribution in [1.29, 1.82) is 0 Å². The molecule has 1 heterocycles. The molecule has 0 aliphatic rings. The number of aliphatic carboxylic acids is 1. The van der Waals surface area contributed by atoms with Crippen molar-refractivity contribution in [1.82, 2.24) is 0 Å². The van der Waals surface area contributed by atoms with Crippen molar-refractivity contribution in [3.05, 3.63) is 51.7 Å². The standard InChI is InChI=1S/C12H10ClNO2S/c13-8-3-5-9(6-4-8)14-11(12(15)16)10-2-1-7-17-10/h1-7,11,14H,(H,15,16)/p-1/t11-/m0/s1. The van der Waals surface area contributed by atoms with Crippen molar-refractivity contribution in [2.24, 2.45) is 0 Å². The Morgan fingerprint density at radius 1 is 1.29 bits per heavy atom. The maximum atomic E-state index is 11.1. The fraction of sp³-hybridized carbons (Fsp3) is 0.0833. The van der Waals surface area contributed by atoms with E-state index in [1.54, 1.807) is 36.4 Å². The Morgan fingerprint density at radius 2 is 2.00 bits per heavy atom. The maximum Gasteiger partial charge on any atom is 0.101 e. The van der Waals surface area contributed by atoms with Crippen LogP contribution in [0.15, 0.2) is 41.8 Å². The van der Waals surface area contributed by atoms with E-state index in [0.717, 1.165) is 0 Å². The SMILES string of the molecule is O=C([O-])[C@@H](Nc1ccc(Cl)cc1)c1cccs1. The minimum Gasteiger partial charge on any atom is -0.547 e. The number of hydrogen-bond acceptors (Lipinski definition) is 4. The first-order valence-corrected chi connectivity index (χ1v) is 6.19. The van der Waals surface area contributed by atoms with Gasteiger partial charge in [0.05, 0.1) is 5.97 Å². The number of nitrogens with one attached hydrogen (secondary N) is 1. The number of carboxylic acids is 1. The fourth-order valence-corrected chi connectivity index (χ4v) is 2.30. The van der Waals surface area contributed by atoms with E-state index in [0.29, 0.717) is 15.6 Å². The van der Waals surface area contributed by atoms with Gasteiger partial charge in [0.1, 0.15) is 6.04 Å². The van der Waals surface area contributed by atoms with E-state index in [4.69, 9.17) is 11.6 Å². The first-order chi connectivity index (χ1) is 8.16. The Bertz CT molecular complexity index is 496. The van der Waals surface area contributed by atoms with Crippen LogP contribution < -0.4 is 10.4 Å². The number of hydrogen-bond donors (Lipinski definition) is 1. The van der Waals surface area contributed by atoms with Crippen LogP contribution >= 0.6 is 22.9 Å². The summed E-state index contributed by atoms with van der Waals surface area (Å²) in [6.45, 7) is 0. The molecule has 1 aromatic heterocycles. The van der Waals surface area contributed by atoms with Crippen LogP contribution in [0.2, 0.25) is 5.02 Å². The summed E-state index contributed by atoms with van der Waals surface area (Å²) in [6, 6.07) is 9.58. The third-order valence-corrected chi connectivity index (χ3v) is 3.41. The molecule has 0 fully saturated rings. The molecule has 0 unspecified atom stereocenters. The van der Waals surface area contributed by atoms with Gasteiger partial charge in [0, 0.05) is 15.6 Å². The molecule has 1 atom stereocenters. The number of halogens is 1. The zero-order valence-electron chi connectivity index (χ0n) is 8.72. The molecule has 0 amide bonds. The molecule has 0 aliphatic carbocycles. The van der Waals surface area contributed by atoms with Gasteiger partial charge >= 0.3 is 0 Å². The number of carbonyl (C=O) groups is 1. The molecule has 88 valence electrons. The van der Waals surface area contributed by atoms with E-state index >= 15 is 0 Å². The average Bonchev–Trinajstić information content (AvgIpc) is 2.81. The highest BCUT2D eigenvalue weighted by Gasteiger charge is 2.13. The number of anilines is 1. The van der Waals surface area contributed by atoms with Gasteiger partial charge in [-0.05, 0) is 35.7 Å². The van der Waals surface area contributed by atoms with Gasteiger partial charge in [0.25, 0.3) is 0 Å². The number of carbonyl (C=O) groups excluding carboxylic acids is 1. The molecule has 0 saturated heterocycles. The Labute approximate surface area is 108 Å². The number of rotatable bonds is 4. The molecule has 0 radical (unpaired) electrons. The molecule has 3 nitrogen and oxygen atoms in total. The number of thiophene rings is 1. The molecule has 1 aromatic carbocycles. The normalized spacial score (nSPS) is 12.1. The molecule has 0 saturated carbocycles. The van der Waals surface area contributed by atoms with Gasteiger partial charge in [-0.15, -0.1) is 11.3 Å². The topological polar surface area (TPSA) is 52.2 Å². The number of benzene rings is 1. The highest BCUT2D eigenvalue weighted by molar-refractivity contribution is 7.10. The zero-order valence-corrected chi connectivity index (χ0v) is 10.3. The summed E-state index contributed by atoms with van der Waals surface area (Å²) in [6.07, 6.45) is 0. The summed E-state index contributed by atoms with van der Waals surface area (Å²) in [5.41, 5.74) is 0.692. The van der Waals surface area contributed by atoms with Gasteiger partial charge < -0.3 is 15.2 Å².